The molecule has 0 saturated carbocycles. The third-order valence-electron chi connectivity index (χ3n) is 4.24. The quantitative estimate of drug-likeness (QED) is 0.678. The lowest BCUT2D eigenvalue weighted by molar-refractivity contribution is -0.137. The van der Waals surface area contributed by atoms with Crippen LogP contribution in [0.5, 0.6) is 5.75 Å². The molecular formula is C18H24BrNO4. The van der Waals surface area contributed by atoms with E-state index in [4.69, 9.17) is 9.84 Å². The van der Waals surface area contributed by atoms with Gasteiger partial charge in [-0.05, 0) is 49.8 Å². The third kappa shape index (κ3) is 6.51. The number of amides is 1. The number of carbonyl (C=O) groups excluding carboxylic acids is 1. The minimum absolute atomic E-state index is 0.146. The number of carboxylic acids is 1. The van der Waals surface area contributed by atoms with Gasteiger partial charge in [0.05, 0.1) is 6.61 Å². The zero-order valence-corrected chi connectivity index (χ0v) is 15.3. The summed E-state index contributed by atoms with van der Waals surface area (Å²) < 4.78 is 6.61. The van der Waals surface area contributed by atoms with Gasteiger partial charge in [-0.2, -0.15) is 0 Å². The largest absolute Gasteiger partial charge is 0.494 e. The highest BCUT2D eigenvalue weighted by Gasteiger charge is 2.23. The SMILES string of the molecule is O=C(O)CCC1CCCN(C(=O)CCCOc2cccc(Br)c2)C1. The number of benzene rings is 1. The minimum atomic E-state index is -0.761. The Hall–Kier alpha value is -1.56. The number of hydrogen-bond acceptors (Lipinski definition) is 3. The molecule has 0 aromatic heterocycles. The Morgan fingerprint density at radius 2 is 2.17 bits per heavy atom. The molecule has 0 spiro atoms. The molecule has 1 aliphatic rings. The summed E-state index contributed by atoms with van der Waals surface area (Å²) in [5.74, 6) is 0.497. The number of halogens is 1. The van der Waals surface area contributed by atoms with Crippen molar-refractivity contribution >= 4 is 27.8 Å². The lowest BCUT2D eigenvalue weighted by atomic mass is 9.93. The van der Waals surface area contributed by atoms with E-state index in [1.165, 1.54) is 0 Å². The smallest absolute Gasteiger partial charge is 0.303 e. The molecule has 1 amide bonds. The van der Waals surface area contributed by atoms with Gasteiger partial charge in [0.2, 0.25) is 5.91 Å². The number of likely N-dealkylation sites (tertiary alicyclic amines) is 1. The van der Waals surface area contributed by atoms with E-state index in [9.17, 15) is 9.59 Å². The van der Waals surface area contributed by atoms with Crippen molar-refractivity contribution in [3.8, 4) is 5.75 Å². The number of carbonyl (C=O) groups is 2. The second kappa shape index (κ2) is 9.67. The lowest BCUT2D eigenvalue weighted by Crippen LogP contribution is -2.40. The summed E-state index contributed by atoms with van der Waals surface area (Å²) in [6.07, 6.45) is 3.98. The third-order valence-corrected chi connectivity index (χ3v) is 4.73. The fraction of sp³-hybridized carbons (Fsp3) is 0.556. The molecule has 0 aliphatic carbocycles. The summed E-state index contributed by atoms with van der Waals surface area (Å²) in [5, 5.41) is 8.78. The van der Waals surface area contributed by atoms with Gasteiger partial charge in [0.25, 0.3) is 0 Å². The van der Waals surface area contributed by atoms with Crippen LogP contribution in [0.4, 0.5) is 0 Å². The monoisotopic (exact) mass is 397 g/mol. The van der Waals surface area contributed by atoms with Crippen LogP contribution in [0.1, 0.15) is 38.5 Å². The molecular weight excluding hydrogens is 374 g/mol. The van der Waals surface area contributed by atoms with Crippen LogP contribution in [-0.4, -0.2) is 41.6 Å². The fourth-order valence-corrected chi connectivity index (χ4v) is 3.36. The Morgan fingerprint density at radius 3 is 2.92 bits per heavy atom. The Bertz CT molecular complexity index is 564. The molecule has 0 radical (unpaired) electrons. The van der Waals surface area contributed by atoms with Gasteiger partial charge in [0.1, 0.15) is 5.75 Å². The van der Waals surface area contributed by atoms with Gasteiger partial charge in [0.15, 0.2) is 0 Å². The van der Waals surface area contributed by atoms with Gasteiger partial charge in [-0.15, -0.1) is 0 Å². The Balaban J connectivity index is 1.67. The summed E-state index contributed by atoms with van der Waals surface area (Å²) >= 11 is 3.40. The van der Waals surface area contributed by atoms with E-state index >= 15 is 0 Å². The number of ether oxygens (including phenoxy) is 1. The molecule has 1 heterocycles. The molecule has 1 aromatic rings. The van der Waals surface area contributed by atoms with Gasteiger partial charge >= 0.3 is 5.97 Å². The lowest BCUT2D eigenvalue weighted by Gasteiger charge is -2.32. The zero-order valence-electron chi connectivity index (χ0n) is 13.7. The summed E-state index contributed by atoms with van der Waals surface area (Å²) in [4.78, 5) is 24.9. The van der Waals surface area contributed by atoms with Gasteiger partial charge in [0, 0.05) is 30.4 Å². The zero-order chi connectivity index (χ0) is 17.4. The highest BCUT2D eigenvalue weighted by atomic mass is 79.9. The van der Waals surface area contributed by atoms with Crippen LogP contribution in [-0.2, 0) is 9.59 Å². The van der Waals surface area contributed by atoms with Crippen LogP contribution < -0.4 is 4.74 Å². The van der Waals surface area contributed by atoms with Gasteiger partial charge in [-0.25, -0.2) is 0 Å². The molecule has 0 bridgehead atoms. The molecule has 1 fully saturated rings. The summed E-state index contributed by atoms with van der Waals surface area (Å²) in [6, 6.07) is 7.65. The van der Waals surface area contributed by atoms with Crippen LogP contribution in [0.2, 0.25) is 0 Å². The molecule has 1 N–H and O–H groups in total. The van der Waals surface area contributed by atoms with E-state index < -0.39 is 5.97 Å². The first kappa shape index (κ1) is 18.8. The Morgan fingerprint density at radius 1 is 1.33 bits per heavy atom. The van der Waals surface area contributed by atoms with Gasteiger partial charge in [-0.1, -0.05) is 22.0 Å². The van der Waals surface area contributed by atoms with E-state index in [1.807, 2.05) is 29.2 Å². The van der Waals surface area contributed by atoms with E-state index in [1.54, 1.807) is 0 Å². The first-order valence-corrected chi connectivity index (χ1v) is 9.22. The second-order valence-corrected chi connectivity index (χ2v) is 7.11. The van der Waals surface area contributed by atoms with Crippen LogP contribution in [0.15, 0.2) is 28.7 Å². The molecule has 5 nitrogen and oxygen atoms in total. The fourth-order valence-electron chi connectivity index (χ4n) is 2.98. The van der Waals surface area contributed by atoms with E-state index in [0.717, 1.165) is 29.6 Å². The van der Waals surface area contributed by atoms with Crippen LogP contribution in [0.25, 0.3) is 0 Å². The van der Waals surface area contributed by atoms with Crippen molar-refractivity contribution < 1.29 is 19.4 Å². The maximum atomic E-state index is 12.3. The van der Waals surface area contributed by atoms with Crippen molar-refractivity contribution in [2.75, 3.05) is 19.7 Å². The maximum Gasteiger partial charge on any atom is 0.303 e. The molecule has 132 valence electrons. The molecule has 24 heavy (non-hydrogen) atoms. The van der Waals surface area contributed by atoms with Crippen molar-refractivity contribution in [3.63, 3.8) is 0 Å². The first-order valence-electron chi connectivity index (χ1n) is 8.42. The van der Waals surface area contributed by atoms with E-state index in [-0.39, 0.29) is 12.3 Å². The van der Waals surface area contributed by atoms with Crippen molar-refractivity contribution in [2.45, 2.75) is 38.5 Å². The van der Waals surface area contributed by atoms with Crippen molar-refractivity contribution in [1.82, 2.24) is 4.90 Å². The van der Waals surface area contributed by atoms with Crippen molar-refractivity contribution in [1.29, 1.82) is 0 Å². The van der Waals surface area contributed by atoms with Crippen LogP contribution in [0.3, 0.4) is 0 Å². The number of nitrogens with zero attached hydrogens (tertiary/aromatic N) is 1. The molecule has 1 atom stereocenters. The maximum absolute atomic E-state index is 12.3. The minimum Gasteiger partial charge on any atom is -0.494 e. The molecule has 2 rings (SSSR count). The second-order valence-electron chi connectivity index (χ2n) is 6.19. The highest BCUT2D eigenvalue weighted by Crippen LogP contribution is 2.22. The van der Waals surface area contributed by atoms with Crippen LogP contribution in [0, 0.1) is 5.92 Å². The van der Waals surface area contributed by atoms with Crippen molar-refractivity contribution in [3.05, 3.63) is 28.7 Å². The Labute approximate surface area is 151 Å². The molecule has 1 unspecified atom stereocenters. The normalized spacial score (nSPS) is 17.5. The molecule has 1 saturated heterocycles. The number of hydrogen-bond donors (Lipinski definition) is 1. The number of rotatable bonds is 8. The predicted octanol–water partition coefficient (Wildman–Crippen LogP) is 3.71. The van der Waals surface area contributed by atoms with Gasteiger partial charge < -0.3 is 14.7 Å². The topological polar surface area (TPSA) is 66.8 Å². The van der Waals surface area contributed by atoms with E-state index in [0.29, 0.717) is 38.3 Å². The highest BCUT2D eigenvalue weighted by molar-refractivity contribution is 9.10. The average Bonchev–Trinajstić information content (AvgIpc) is 2.57. The first-order chi connectivity index (χ1) is 11.5. The number of carboxylic acid groups (broad SMARTS) is 1. The number of piperidine rings is 1. The summed E-state index contributed by atoms with van der Waals surface area (Å²) in [5.41, 5.74) is 0. The summed E-state index contributed by atoms with van der Waals surface area (Å²) in [6.45, 7) is 1.99. The molecule has 6 heteroatoms. The standard InChI is InChI=1S/C18H24BrNO4/c19-15-5-1-6-16(12-15)24-11-3-7-17(21)20-10-2-4-14(13-20)8-9-18(22)23/h1,5-6,12,14H,2-4,7-11,13H2,(H,22,23). The van der Waals surface area contributed by atoms with Crippen molar-refractivity contribution in [2.24, 2.45) is 5.92 Å². The summed E-state index contributed by atoms with van der Waals surface area (Å²) in [7, 11) is 0. The average molecular weight is 398 g/mol. The van der Waals surface area contributed by atoms with E-state index in [2.05, 4.69) is 15.9 Å². The van der Waals surface area contributed by atoms with Gasteiger partial charge in [-0.3, -0.25) is 9.59 Å². The molecule has 1 aliphatic heterocycles. The predicted molar refractivity (Wildman–Crippen MR) is 95.0 cm³/mol. The number of aliphatic carboxylic acids is 1. The molecule has 1 aromatic carbocycles. The van der Waals surface area contributed by atoms with Crippen LogP contribution >= 0.6 is 15.9 Å². The Kier molecular flexibility index (Phi) is 7.56.